The monoisotopic (exact) mass is 276 g/mol. The van der Waals surface area contributed by atoms with Crippen LogP contribution in [0.15, 0.2) is 29.4 Å². The summed E-state index contributed by atoms with van der Waals surface area (Å²) < 4.78 is 0. The van der Waals surface area contributed by atoms with E-state index in [1.807, 2.05) is 6.07 Å². The van der Waals surface area contributed by atoms with Gasteiger partial charge in [-0.2, -0.15) is 5.10 Å². The number of hydrogen-bond donors (Lipinski definition) is 2. The minimum Gasteiger partial charge on any atom is -0.375 e. The quantitative estimate of drug-likeness (QED) is 0.500. The maximum absolute atomic E-state index is 5.31. The van der Waals surface area contributed by atoms with Gasteiger partial charge in [-0.15, -0.1) is 0 Å². The average Bonchev–Trinajstić information content (AvgIpc) is 2.40. The zero-order valence-electron chi connectivity index (χ0n) is 11.0. The molecule has 102 valence electrons. The van der Waals surface area contributed by atoms with Crippen LogP contribution in [0.2, 0.25) is 0 Å². The van der Waals surface area contributed by atoms with Crippen molar-refractivity contribution in [2.24, 2.45) is 10.8 Å². The zero-order valence-corrected chi connectivity index (χ0v) is 11.8. The lowest BCUT2D eigenvalue weighted by Gasteiger charge is -2.26. The number of piperidine rings is 1. The molecule has 0 amide bonds. The fourth-order valence-corrected chi connectivity index (χ4v) is 2.37. The van der Waals surface area contributed by atoms with Crippen molar-refractivity contribution in [2.75, 3.05) is 13.1 Å². The van der Waals surface area contributed by atoms with Crippen molar-refractivity contribution >= 4 is 23.5 Å². The van der Waals surface area contributed by atoms with Gasteiger partial charge in [0.2, 0.25) is 0 Å². The van der Waals surface area contributed by atoms with Crippen LogP contribution in [0.25, 0.3) is 0 Å². The highest BCUT2D eigenvalue weighted by molar-refractivity contribution is 7.80. The van der Waals surface area contributed by atoms with Crippen LogP contribution >= 0.6 is 12.2 Å². The van der Waals surface area contributed by atoms with E-state index in [-0.39, 0.29) is 5.11 Å². The summed E-state index contributed by atoms with van der Waals surface area (Å²) in [5, 5.41) is 4.16. The molecule has 1 saturated heterocycles. The standard InChI is InChI=1S/C14H20N4S/c15-14(19)17-16-10-12-5-4-6-13(9-12)11-18-7-2-1-3-8-18/h4-6,9-10H,1-3,7-8,11H2,(H3,15,17,19). The Balaban J connectivity index is 1.94. The summed E-state index contributed by atoms with van der Waals surface area (Å²) >= 11 is 4.69. The fraction of sp³-hybridized carbons (Fsp3) is 0.429. The largest absolute Gasteiger partial charge is 0.375 e. The Morgan fingerprint density at radius 3 is 2.89 bits per heavy atom. The second-order valence-corrected chi connectivity index (χ2v) is 5.26. The van der Waals surface area contributed by atoms with Crippen molar-refractivity contribution < 1.29 is 0 Å². The van der Waals surface area contributed by atoms with Gasteiger partial charge in [0.15, 0.2) is 5.11 Å². The molecule has 1 aromatic rings. The van der Waals surface area contributed by atoms with Gasteiger partial charge >= 0.3 is 0 Å². The molecule has 19 heavy (non-hydrogen) atoms. The predicted octanol–water partition coefficient (Wildman–Crippen LogP) is 1.84. The Morgan fingerprint density at radius 1 is 1.37 bits per heavy atom. The molecule has 1 aliphatic heterocycles. The maximum atomic E-state index is 5.31. The Kier molecular flexibility index (Phi) is 5.30. The average molecular weight is 276 g/mol. The van der Waals surface area contributed by atoms with Crippen LogP contribution in [-0.4, -0.2) is 29.3 Å². The molecule has 0 saturated carbocycles. The van der Waals surface area contributed by atoms with Gasteiger partial charge in [0, 0.05) is 6.54 Å². The van der Waals surface area contributed by atoms with Crippen LogP contribution in [0, 0.1) is 0 Å². The summed E-state index contributed by atoms with van der Waals surface area (Å²) in [6.45, 7) is 3.44. The van der Waals surface area contributed by atoms with Crippen LogP contribution in [0.4, 0.5) is 0 Å². The van der Waals surface area contributed by atoms with Crippen molar-refractivity contribution in [1.29, 1.82) is 0 Å². The first kappa shape index (κ1) is 14.0. The van der Waals surface area contributed by atoms with E-state index < -0.39 is 0 Å². The molecular formula is C14H20N4S. The summed E-state index contributed by atoms with van der Waals surface area (Å²) in [4.78, 5) is 2.51. The lowest BCUT2D eigenvalue weighted by molar-refractivity contribution is 0.221. The second kappa shape index (κ2) is 7.21. The van der Waals surface area contributed by atoms with Gasteiger partial charge < -0.3 is 5.73 Å². The SMILES string of the molecule is NC(=S)NN=Cc1cccc(CN2CCCCC2)c1. The highest BCUT2D eigenvalue weighted by atomic mass is 32.1. The molecule has 3 N–H and O–H groups in total. The molecule has 0 aromatic heterocycles. The first-order chi connectivity index (χ1) is 9.24. The van der Waals surface area contributed by atoms with E-state index in [2.05, 4.69) is 33.6 Å². The van der Waals surface area contributed by atoms with Crippen molar-refractivity contribution in [1.82, 2.24) is 10.3 Å². The zero-order chi connectivity index (χ0) is 13.5. The van der Waals surface area contributed by atoms with Crippen molar-refractivity contribution in [2.45, 2.75) is 25.8 Å². The normalized spacial score (nSPS) is 16.6. The Bertz CT molecular complexity index is 453. The van der Waals surface area contributed by atoms with Crippen LogP contribution in [0.3, 0.4) is 0 Å². The maximum Gasteiger partial charge on any atom is 0.184 e. The van der Waals surface area contributed by atoms with E-state index in [1.165, 1.54) is 37.9 Å². The number of nitrogens with two attached hydrogens (primary N) is 1. The highest BCUT2D eigenvalue weighted by Crippen LogP contribution is 2.13. The summed E-state index contributed by atoms with van der Waals surface area (Å²) in [6, 6.07) is 8.39. The lowest BCUT2D eigenvalue weighted by atomic mass is 10.1. The molecule has 0 bridgehead atoms. The number of nitrogens with zero attached hydrogens (tertiary/aromatic N) is 2. The molecule has 0 unspecified atom stereocenters. The van der Waals surface area contributed by atoms with Gasteiger partial charge in [0.25, 0.3) is 0 Å². The summed E-state index contributed by atoms with van der Waals surface area (Å²) in [7, 11) is 0. The number of likely N-dealkylation sites (tertiary alicyclic amines) is 1. The van der Waals surface area contributed by atoms with Crippen LogP contribution < -0.4 is 11.2 Å². The molecule has 1 heterocycles. The van der Waals surface area contributed by atoms with Crippen molar-refractivity contribution in [3.05, 3.63) is 35.4 Å². The molecule has 1 aliphatic rings. The Morgan fingerprint density at radius 2 is 2.16 bits per heavy atom. The van der Waals surface area contributed by atoms with Gasteiger partial charge in [-0.05, 0) is 55.3 Å². The third-order valence-electron chi connectivity index (χ3n) is 3.19. The third kappa shape index (κ3) is 4.96. The molecule has 4 nitrogen and oxygen atoms in total. The van der Waals surface area contributed by atoms with Gasteiger partial charge in [0.05, 0.1) is 6.21 Å². The number of rotatable bonds is 4. The topological polar surface area (TPSA) is 53.6 Å². The van der Waals surface area contributed by atoms with Crippen molar-refractivity contribution in [3.63, 3.8) is 0 Å². The summed E-state index contributed by atoms with van der Waals surface area (Å²) in [6.07, 6.45) is 5.74. The van der Waals surface area contributed by atoms with E-state index in [0.717, 1.165) is 12.1 Å². The summed E-state index contributed by atoms with van der Waals surface area (Å²) in [5.74, 6) is 0. The molecule has 1 fully saturated rings. The van der Waals surface area contributed by atoms with E-state index in [1.54, 1.807) is 6.21 Å². The number of hydrazone groups is 1. The molecule has 0 spiro atoms. The van der Waals surface area contributed by atoms with Crippen LogP contribution in [0.1, 0.15) is 30.4 Å². The van der Waals surface area contributed by atoms with E-state index in [4.69, 9.17) is 18.0 Å². The van der Waals surface area contributed by atoms with E-state index in [9.17, 15) is 0 Å². The van der Waals surface area contributed by atoms with Crippen molar-refractivity contribution in [3.8, 4) is 0 Å². The second-order valence-electron chi connectivity index (χ2n) is 4.82. The number of nitrogens with one attached hydrogen (secondary N) is 1. The van der Waals surface area contributed by atoms with E-state index in [0.29, 0.717) is 0 Å². The molecule has 0 aliphatic carbocycles. The molecule has 1 aromatic carbocycles. The Hall–Kier alpha value is -1.46. The first-order valence-corrected chi connectivity index (χ1v) is 7.05. The molecule has 0 atom stereocenters. The van der Waals surface area contributed by atoms with Gasteiger partial charge in [-0.3, -0.25) is 10.3 Å². The molecule has 5 heteroatoms. The minimum absolute atomic E-state index is 0.181. The summed E-state index contributed by atoms with van der Waals surface area (Å²) in [5.41, 5.74) is 10.2. The molecule has 0 radical (unpaired) electrons. The fourth-order valence-electron chi connectivity index (χ4n) is 2.32. The van der Waals surface area contributed by atoms with Gasteiger partial charge in [0.1, 0.15) is 0 Å². The Labute approximate surface area is 119 Å². The van der Waals surface area contributed by atoms with Gasteiger partial charge in [-0.25, -0.2) is 0 Å². The van der Waals surface area contributed by atoms with Crippen LogP contribution in [-0.2, 0) is 6.54 Å². The molecular weight excluding hydrogens is 256 g/mol. The number of hydrogen-bond acceptors (Lipinski definition) is 3. The number of benzene rings is 1. The predicted molar refractivity (Wildman–Crippen MR) is 83.1 cm³/mol. The molecule has 2 rings (SSSR count). The number of thiocarbonyl (C=S) groups is 1. The lowest BCUT2D eigenvalue weighted by Crippen LogP contribution is -2.29. The van der Waals surface area contributed by atoms with E-state index >= 15 is 0 Å². The van der Waals surface area contributed by atoms with Gasteiger partial charge in [-0.1, -0.05) is 24.6 Å². The highest BCUT2D eigenvalue weighted by Gasteiger charge is 2.10. The minimum atomic E-state index is 0.181. The smallest absolute Gasteiger partial charge is 0.184 e. The first-order valence-electron chi connectivity index (χ1n) is 6.64. The van der Waals surface area contributed by atoms with Crippen LogP contribution in [0.5, 0.6) is 0 Å². The third-order valence-corrected chi connectivity index (χ3v) is 3.29.